The number of rotatable bonds is 7. The predicted molar refractivity (Wildman–Crippen MR) is 100 cm³/mol. The van der Waals surface area contributed by atoms with Crippen LogP contribution in [0.3, 0.4) is 0 Å². The topological polar surface area (TPSA) is 114 Å². The van der Waals surface area contributed by atoms with Gasteiger partial charge in [-0.1, -0.05) is 24.6 Å². The number of halogens is 1. The van der Waals surface area contributed by atoms with Crippen molar-refractivity contribution in [3.05, 3.63) is 53.2 Å². The summed E-state index contributed by atoms with van der Waals surface area (Å²) >= 11 is 5.72. The molecule has 0 saturated heterocycles. The maximum absolute atomic E-state index is 12.2. The van der Waals surface area contributed by atoms with E-state index in [0.717, 1.165) is 0 Å². The first kappa shape index (κ1) is 20.8. The van der Waals surface area contributed by atoms with E-state index in [1.54, 1.807) is 13.0 Å². The first-order chi connectivity index (χ1) is 12.7. The van der Waals surface area contributed by atoms with Crippen LogP contribution < -0.4 is 10.0 Å². The van der Waals surface area contributed by atoms with Crippen molar-refractivity contribution < 1.29 is 22.7 Å². The van der Waals surface area contributed by atoms with Crippen LogP contribution >= 0.6 is 11.6 Å². The number of amides is 1. The Kier molecular flexibility index (Phi) is 6.89. The molecule has 2 rings (SSSR count). The van der Waals surface area contributed by atoms with Gasteiger partial charge in [-0.2, -0.15) is 0 Å². The minimum atomic E-state index is -3.71. The number of nitrogens with one attached hydrogen (secondary N) is 2. The summed E-state index contributed by atoms with van der Waals surface area (Å²) in [5.41, 5.74) is 0.0123. The molecule has 1 unspecified atom stereocenters. The number of benzene rings is 1. The first-order valence-corrected chi connectivity index (χ1v) is 9.82. The van der Waals surface area contributed by atoms with Gasteiger partial charge in [0.05, 0.1) is 15.5 Å². The Bertz CT molecular complexity index is 932. The monoisotopic (exact) mass is 411 g/mol. The summed E-state index contributed by atoms with van der Waals surface area (Å²) in [5, 5.41) is 2.90. The van der Waals surface area contributed by atoms with Gasteiger partial charge in [-0.25, -0.2) is 22.9 Å². The number of sulfonamides is 1. The molecule has 2 N–H and O–H groups in total. The van der Waals surface area contributed by atoms with E-state index >= 15 is 0 Å². The average Bonchev–Trinajstić information content (AvgIpc) is 2.63. The molecule has 0 radical (unpaired) electrons. The number of esters is 1. The van der Waals surface area contributed by atoms with Crippen LogP contribution in [0.15, 0.2) is 47.5 Å². The molecule has 0 aliphatic heterocycles. The quantitative estimate of drug-likeness (QED) is 0.675. The number of aromatic nitrogens is 1. The van der Waals surface area contributed by atoms with E-state index in [9.17, 15) is 18.0 Å². The fourth-order valence-electron chi connectivity index (χ4n) is 2.02. The Hall–Kier alpha value is -2.49. The fourth-order valence-corrected chi connectivity index (χ4v) is 3.22. The predicted octanol–water partition coefficient (Wildman–Crippen LogP) is 2.22. The van der Waals surface area contributed by atoms with Crippen molar-refractivity contribution in [2.75, 3.05) is 11.9 Å². The molecule has 10 heteroatoms. The highest BCUT2D eigenvalue weighted by atomic mass is 35.5. The Morgan fingerprint density at radius 2 is 2.00 bits per heavy atom. The highest BCUT2D eigenvalue weighted by Crippen LogP contribution is 2.14. The zero-order valence-corrected chi connectivity index (χ0v) is 16.2. The Labute approximate surface area is 161 Å². The second-order valence-electron chi connectivity index (χ2n) is 5.43. The first-order valence-electron chi connectivity index (χ1n) is 7.96. The van der Waals surface area contributed by atoms with Crippen LogP contribution in [-0.2, 0) is 19.6 Å². The molecular weight excluding hydrogens is 394 g/mol. The van der Waals surface area contributed by atoms with Crippen molar-refractivity contribution >= 4 is 39.3 Å². The van der Waals surface area contributed by atoms with Gasteiger partial charge >= 0.3 is 5.97 Å². The molecule has 8 nitrogen and oxygen atoms in total. The van der Waals surface area contributed by atoms with Gasteiger partial charge in [0.25, 0.3) is 5.91 Å². The molecule has 1 aromatic heterocycles. The third-order valence-corrected chi connectivity index (χ3v) is 5.11. The van der Waals surface area contributed by atoms with Crippen molar-refractivity contribution in [1.82, 2.24) is 9.71 Å². The van der Waals surface area contributed by atoms with Crippen LogP contribution in [0.5, 0.6) is 0 Å². The molecule has 0 aliphatic carbocycles. The van der Waals surface area contributed by atoms with Gasteiger partial charge in [-0.15, -0.1) is 0 Å². The van der Waals surface area contributed by atoms with Crippen molar-refractivity contribution in [2.24, 2.45) is 0 Å². The number of ether oxygens (including phenoxy) is 1. The van der Waals surface area contributed by atoms with Crippen molar-refractivity contribution in [3.8, 4) is 0 Å². The molecule has 1 heterocycles. The summed E-state index contributed by atoms with van der Waals surface area (Å²) in [6.45, 7) is 3.25. The van der Waals surface area contributed by atoms with Crippen LogP contribution in [0.1, 0.15) is 24.2 Å². The van der Waals surface area contributed by atoms with Gasteiger partial charge < -0.3 is 10.1 Å². The van der Waals surface area contributed by atoms with E-state index in [4.69, 9.17) is 16.3 Å². The lowest BCUT2D eigenvalue weighted by molar-refractivity contribution is -0.123. The van der Waals surface area contributed by atoms with E-state index in [2.05, 4.69) is 15.0 Å². The molecule has 1 amide bonds. The summed E-state index contributed by atoms with van der Waals surface area (Å²) in [4.78, 5) is 28.2. The Morgan fingerprint density at radius 3 is 2.63 bits per heavy atom. The third-order valence-electron chi connectivity index (χ3n) is 3.35. The molecule has 0 bridgehead atoms. The summed E-state index contributed by atoms with van der Waals surface area (Å²) in [6.07, 6.45) is 0.244. The normalized spacial score (nSPS) is 12.3. The van der Waals surface area contributed by atoms with Gasteiger partial charge in [0.15, 0.2) is 6.10 Å². The summed E-state index contributed by atoms with van der Waals surface area (Å²) in [6, 6.07) is 8.42. The van der Waals surface area contributed by atoms with Gasteiger partial charge in [0, 0.05) is 12.7 Å². The number of hydrogen-bond donors (Lipinski definition) is 2. The second kappa shape index (κ2) is 8.94. The van der Waals surface area contributed by atoms with E-state index in [1.165, 1.54) is 43.5 Å². The van der Waals surface area contributed by atoms with Gasteiger partial charge in [-0.3, -0.25) is 4.79 Å². The maximum atomic E-state index is 12.2. The van der Waals surface area contributed by atoms with E-state index in [0.29, 0.717) is 5.02 Å². The lowest BCUT2D eigenvalue weighted by atomic mass is 10.2. The van der Waals surface area contributed by atoms with Crippen LogP contribution in [0.25, 0.3) is 0 Å². The molecule has 144 valence electrons. The highest BCUT2D eigenvalue weighted by Gasteiger charge is 2.21. The molecule has 2 aromatic rings. The summed E-state index contributed by atoms with van der Waals surface area (Å²) in [7, 11) is -3.71. The number of carbonyl (C=O) groups excluding carboxylic acids is 2. The van der Waals surface area contributed by atoms with Crippen LogP contribution in [-0.4, -0.2) is 37.9 Å². The number of pyridine rings is 1. The number of hydrogen-bond acceptors (Lipinski definition) is 6. The summed E-state index contributed by atoms with van der Waals surface area (Å²) < 4.78 is 31.5. The number of nitrogens with zero attached hydrogens (tertiary/aromatic N) is 1. The zero-order valence-electron chi connectivity index (χ0n) is 14.6. The van der Waals surface area contributed by atoms with Crippen LogP contribution in [0.2, 0.25) is 5.02 Å². The maximum Gasteiger partial charge on any atom is 0.338 e. The largest absolute Gasteiger partial charge is 0.449 e. The standard InChI is InChI=1S/C17H18ClN3O5S/c1-3-20-27(24,25)14-6-4-5-12(9-14)17(23)26-11(2)16(22)21-15-8-7-13(18)10-19-15/h4-11,20H,3H2,1-2H3,(H,19,21,22). The fraction of sp³-hybridized carbons (Fsp3) is 0.235. The van der Waals surface area contributed by atoms with Gasteiger partial charge in [0.2, 0.25) is 10.0 Å². The van der Waals surface area contributed by atoms with Crippen LogP contribution in [0.4, 0.5) is 5.82 Å². The van der Waals surface area contributed by atoms with Crippen molar-refractivity contribution in [3.63, 3.8) is 0 Å². The smallest absolute Gasteiger partial charge is 0.338 e. The third kappa shape index (κ3) is 5.75. The lowest BCUT2D eigenvalue weighted by Gasteiger charge is -2.13. The lowest BCUT2D eigenvalue weighted by Crippen LogP contribution is -2.30. The van der Waals surface area contributed by atoms with Crippen molar-refractivity contribution in [2.45, 2.75) is 24.8 Å². The minimum absolute atomic E-state index is 0.0123. The number of carbonyl (C=O) groups is 2. The molecule has 1 atom stereocenters. The molecule has 0 aliphatic rings. The Balaban J connectivity index is 2.05. The van der Waals surface area contributed by atoms with E-state index in [-0.39, 0.29) is 22.8 Å². The molecule has 27 heavy (non-hydrogen) atoms. The zero-order chi connectivity index (χ0) is 20.0. The van der Waals surface area contributed by atoms with E-state index < -0.39 is 28.0 Å². The SMILES string of the molecule is CCNS(=O)(=O)c1cccc(C(=O)OC(C)C(=O)Nc2ccc(Cl)cn2)c1. The Morgan fingerprint density at radius 1 is 1.26 bits per heavy atom. The van der Waals surface area contributed by atoms with E-state index in [1.807, 2.05) is 0 Å². The molecule has 0 spiro atoms. The van der Waals surface area contributed by atoms with Gasteiger partial charge in [0.1, 0.15) is 5.82 Å². The number of anilines is 1. The molecule has 0 saturated carbocycles. The van der Waals surface area contributed by atoms with Crippen molar-refractivity contribution in [1.29, 1.82) is 0 Å². The van der Waals surface area contributed by atoms with Crippen LogP contribution in [0, 0.1) is 0 Å². The molecule has 1 aromatic carbocycles. The second-order valence-corrected chi connectivity index (χ2v) is 7.63. The highest BCUT2D eigenvalue weighted by molar-refractivity contribution is 7.89. The molecular formula is C17H18ClN3O5S. The molecule has 0 fully saturated rings. The minimum Gasteiger partial charge on any atom is -0.449 e. The van der Waals surface area contributed by atoms with Gasteiger partial charge in [-0.05, 0) is 37.3 Å². The average molecular weight is 412 g/mol. The summed E-state index contributed by atoms with van der Waals surface area (Å²) in [5.74, 6) is -1.16.